The van der Waals surface area contributed by atoms with E-state index in [9.17, 15) is 0 Å². The molecular formula is C21H37IN4O2. The van der Waals surface area contributed by atoms with Gasteiger partial charge in [-0.05, 0) is 44.1 Å². The van der Waals surface area contributed by atoms with Crippen molar-refractivity contribution >= 4 is 29.9 Å². The Kier molecular flexibility index (Phi) is 12.5. The quantitative estimate of drug-likeness (QED) is 0.205. The van der Waals surface area contributed by atoms with Gasteiger partial charge in [-0.1, -0.05) is 25.8 Å². The van der Waals surface area contributed by atoms with Gasteiger partial charge >= 0.3 is 0 Å². The van der Waals surface area contributed by atoms with Gasteiger partial charge in [0, 0.05) is 45.1 Å². The topological polar surface area (TPSA) is 67.8 Å². The number of rotatable bonds is 11. The molecule has 1 aliphatic rings. The molecule has 1 aromatic heterocycles. The largest absolute Gasteiger partial charge is 0.477 e. The van der Waals surface area contributed by atoms with E-state index in [-0.39, 0.29) is 24.0 Å². The summed E-state index contributed by atoms with van der Waals surface area (Å²) in [6.07, 6.45) is 9.01. The molecule has 6 nitrogen and oxygen atoms in total. The van der Waals surface area contributed by atoms with Gasteiger partial charge in [0.15, 0.2) is 5.96 Å². The molecule has 2 N–H and O–H groups in total. The number of pyridine rings is 1. The Bertz CT molecular complexity index is 577. The van der Waals surface area contributed by atoms with E-state index in [1.54, 1.807) is 6.20 Å². The monoisotopic (exact) mass is 504 g/mol. The second-order valence-corrected chi connectivity index (χ2v) is 7.25. The van der Waals surface area contributed by atoms with Crippen LogP contribution in [0.2, 0.25) is 0 Å². The average Bonchev–Trinajstić information content (AvgIpc) is 3.16. The summed E-state index contributed by atoms with van der Waals surface area (Å²) in [6.45, 7) is 8.04. The van der Waals surface area contributed by atoms with Crippen molar-refractivity contribution in [3.05, 3.63) is 23.9 Å². The highest BCUT2D eigenvalue weighted by atomic mass is 127. The van der Waals surface area contributed by atoms with Crippen molar-refractivity contribution in [3.8, 4) is 5.88 Å². The van der Waals surface area contributed by atoms with Crippen molar-refractivity contribution in [3.63, 3.8) is 0 Å². The first kappa shape index (κ1) is 24.9. The molecule has 0 unspecified atom stereocenters. The Morgan fingerprint density at radius 1 is 1.21 bits per heavy atom. The van der Waals surface area contributed by atoms with Crippen LogP contribution in [0.3, 0.4) is 0 Å². The fourth-order valence-corrected chi connectivity index (χ4v) is 3.63. The van der Waals surface area contributed by atoms with E-state index in [1.807, 2.05) is 19.2 Å². The number of aliphatic imine (C=N–C) groups is 1. The fourth-order valence-electron chi connectivity index (χ4n) is 3.63. The van der Waals surface area contributed by atoms with Gasteiger partial charge in [0.1, 0.15) is 0 Å². The second-order valence-electron chi connectivity index (χ2n) is 7.25. The van der Waals surface area contributed by atoms with E-state index in [0.29, 0.717) is 24.4 Å². The van der Waals surface area contributed by atoms with Crippen LogP contribution in [0, 0.1) is 5.41 Å². The summed E-state index contributed by atoms with van der Waals surface area (Å²) in [7, 11) is 1.81. The number of hydrogen-bond acceptors (Lipinski definition) is 4. The minimum Gasteiger partial charge on any atom is -0.477 e. The summed E-state index contributed by atoms with van der Waals surface area (Å²) >= 11 is 0. The molecule has 0 radical (unpaired) electrons. The van der Waals surface area contributed by atoms with Crippen molar-refractivity contribution in [2.75, 3.05) is 33.4 Å². The number of aromatic nitrogens is 1. The Labute approximate surface area is 187 Å². The zero-order valence-electron chi connectivity index (χ0n) is 17.6. The SMILES string of the molecule is CCCOc1ncccc1CNC(=NC)NCC1(CCOCC)CCCC1.I. The van der Waals surface area contributed by atoms with Crippen molar-refractivity contribution in [2.24, 2.45) is 10.4 Å². The van der Waals surface area contributed by atoms with Crippen molar-refractivity contribution < 1.29 is 9.47 Å². The lowest BCUT2D eigenvalue weighted by atomic mass is 9.83. The minimum absolute atomic E-state index is 0. The number of nitrogens with zero attached hydrogens (tertiary/aromatic N) is 2. The van der Waals surface area contributed by atoms with Gasteiger partial charge in [-0.3, -0.25) is 4.99 Å². The molecule has 7 heteroatoms. The normalized spacial score (nSPS) is 15.8. The zero-order chi connectivity index (χ0) is 19.4. The number of halogens is 1. The third kappa shape index (κ3) is 8.11. The minimum atomic E-state index is 0. The fraction of sp³-hybridized carbons (Fsp3) is 0.714. The molecule has 1 aromatic rings. The summed E-state index contributed by atoms with van der Waals surface area (Å²) in [5.41, 5.74) is 1.37. The lowest BCUT2D eigenvalue weighted by Crippen LogP contribution is -2.43. The second kappa shape index (κ2) is 14.0. The zero-order valence-corrected chi connectivity index (χ0v) is 20.0. The van der Waals surface area contributed by atoms with Crippen LogP contribution in [-0.4, -0.2) is 44.4 Å². The van der Waals surface area contributed by atoms with E-state index in [2.05, 4.69) is 34.5 Å². The number of guanidine groups is 1. The standard InChI is InChI=1S/C21H36N4O2.HI/c1-4-14-27-19-18(9-8-13-23-19)16-24-20(22-3)25-17-21(10-6-7-11-21)12-15-26-5-2;/h8-9,13H,4-7,10-12,14-17H2,1-3H3,(H2,22,24,25);1H. The predicted molar refractivity (Wildman–Crippen MR) is 126 cm³/mol. The summed E-state index contributed by atoms with van der Waals surface area (Å²) < 4.78 is 11.3. The van der Waals surface area contributed by atoms with Gasteiger partial charge in [0.25, 0.3) is 0 Å². The number of ether oxygens (including phenoxy) is 2. The van der Waals surface area contributed by atoms with Gasteiger partial charge < -0.3 is 20.1 Å². The molecule has 28 heavy (non-hydrogen) atoms. The van der Waals surface area contributed by atoms with E-state index >= 15 is 0 Å². The van der Waals surface area contributed by atoms with Crippen LogP contribution >= 0.6 is 24.0 Å². The summed E-state index contributed by atoms with van der Waals surface area (Å²) in [6, 6.07) is 3.98. The van der Waals surface area contributed by atoms with Crippen molar-refractivity contribution in [1.29, 1.82) is 0 Å². The highest BCUT2D eigenvalue weighted by Gasteiger charge is 2.33. The summed E-state index contributed by atoms with van der Waals surface area (Å²) in [4.78, 5) is 8.73. The third-order valence-corrected chi connectivity index (χ3v) is 5.24. The molecular weight excluding hydrogens is 467 g/mol. The molecule has 0 saturated heterocycles. The van der Waals surface area contributed by atoms with Crippen LogP contribution in [0.1, 0.15) is 57.9 Å². The molecule has 0 amide bonds. The summed E-state index contributed by atoms with van der Waals surface area (Å²) in [5.74, 6) is 1.52. The Hall–Kier alpha value is -1.09. The molecule has 0 aliphatic heterocycles. The Morgan fingerprint density at radius 3 is 2.68 bits per heavy atom. The predicted octanol–water partition coefficient (Wildman–Crippen LogP) is 4.14. The van der Waals surface area contributed by atoms with Crippen LogP contribution in [0.25, 0.3) is 0 Å². The molecule has 0 atom stereocenters. The smallest absolute Gasteiger partial charge is 0.218 e. The molecule has 0 bridgehead atoms. The van der Waals surface area contributed by atoms with Gasteiger partial charge in [0.2, 0.25) is 5.88 Å². The molecule has 160 valence electrons. The van der Waals surface area contributed by atoms with Crippen LogP contribution in [-0.2, 0) is 11.3 Å². The number of nitrogens with one attached hydrogen (secondary N) is 2. The molecule has 1 aliphatic carbocycles. The molecule has 2 rings (SSSR count). The van der Waals surface area contributed by atoms with Crippen LogP contribution in [0.4, 0.5) is 0 Å². The van der Waals surface area contributed by atoms with Crippen LogP contribution in [0.15, 0.2) is 23.3 Å². The lowest BCUT2D eigenvalue weighted by molar-refractivity contribution is 0.105. The van der Waals surface area contributed by atoms with Crippen LogP contribution < -0.4 is 15.4 Å². The first-order valence-corrected chi connectivity index (χ1v) is 10.3. The summed E-state index contributed by atoms with van der Waals surface area (Å²) in [5, 5.41) is 6.93. The molecule has 1 heterocycles. The maximum absolute atomic E-state index is 5.74. The van der Waals surface area contributed by atoms with Gasteiger partial charge in [0.05, 0.1) is 6.61 Å². The lowest BCUT2D eigenvalue weighted by Gasteiger charge is -2.30. The molecule has 0 spiro atoms. The molecule has 1 fully saturated rings. The molecule has 1 saturated carbocycles. The Balaban J connectivity index is 0.00000392. The van der Waals surface area contributed by atoms with Crippen LogP contribution in [0.5, 0.6) is 5.88 Å². The maximum Gasteiger partial charge on any atom is 0.218 e. The van der Waals surface area contributed by atoms with E-state index < -0.39 is 0 Å². The molecule has 0 aromatic carbocycles. The first-order valence-electron chi connectivity index (χ1n) is 10.3. The van der Waals surface area contributed by atoms with E-state index in [4.69, 9.17) is 9.47 Å². The highest BCUT2D eigenvalue weighted by Crippen LogP contribution is 2.40. The van der Waals surface area contributed by atoms with Crippen molar-refractivity contribution in [1.82, 2.24) is 15.6 Å². The first-order chi connectivity index (χ1) is 13.2. The number of hydrogen-bond donors (Lipinski definition) is 2. The maximum atomic E-state index is 5.74. The van der Waals surface area contributed by atoms with Gasteiger partial charge in [-0.15, -0.1) is 24.0 Å². The van der Waals surface area contributed by atoms with Gasteiger partial charge in [-0.25, -0.2) is 4.98 Å². The highest BCUT2D eigenvalue weighted by molar-refractivity contribution is 14.0. The van der Waals surface area contributed by atoms with E-state index in [1.165, 1.54) is 25.7 Å². The average molecular weight is 504 g/mol. The van der Waals surface area contributed by atoms with Gasteiger partial charge in [-0.2, -0.15) is 0 Å². The van der Waals surface area contributed by atoms with E-state index in [0.717, 1.165) is 44.1 Å². The van der Waals surface area contributed by atoms with Crippen molar-refractivity contribution in [2.45, 2.75) is 58.9 Å². The Morgan fingerprint density at radius 2 is 2.00 bits per heavy atom. The third-order valence-electron chi connectivity index (χ3n) is 5.24.